The summed E-state index contributed by atoms with van der Waals surface area (Å²) in [4.78, 5) is 14.7. The van der Waals surface area contributed by atoms with Crippen LogP contribution in [0, 0.1) is 5.92 Å². The van der Waals surface area contributed by atoms with Gasteiger partial charge in [0.15, 0.2) is 5.69 Å². The fraction of sp³-hybridized carbons (Fsp3) is 0.765. The molecule has 0 aromatic carbocycles. The summed E-state index contributed by atoms with van der Waals surface area (Å²) in [7, 11) is 0. The van der Waals surface area contributed by atoms with Gasteiger partial charge in [0.05, 0.1) is 12.7 Å². The Balaban J connectivity index is 1.52. The summed E-state index contributed by atoms with van der Waals surface area (Å²) in [6, 6.07) is 2.18. The number of aliphatic hydroxyl groups excluding tert-OH is 1. The van der Waals surface area contributed by atoms with Gasteiger partial charge >= 0.3 is 0 Å². The van der Waals surface area contributed by atoms with E-state index in [4.69, 9.17) is 14.4 Å². The summed E-state index contributed by atoms with van der Waals surface area (Å²) >= 11 is 0. The Morgan fingerprint density at radius 3 is 3.08 bits per heavy atom. The molecule has 3 rings (SSSR count). The third-order valence-electron chi connectivity index (χ3n) is 4.68. The Hall–Kier alpha value is -1.44. The van der Waals surface area contributed by atoms with Crippen molar-refractivity contribution in [3.8, 4) is 0 Å². The first kappa shape index (κ1) is 17.4. The molecule has 0 saturated carbocycles. The molecular weight excluding hydrogens is 310 g/mol. The number of carbonyl (C=O) groups excluding carboxylic acids is 1. The summed E-state index contributed by atoms with van der Waals surface area (Å²) in [5.41, 5.74) is 0.352. The van der Waals surface area contributed by atoms with Crippen molar-refractivity contribution in [3.05, 3.63) is 17.5 Å². The van der Waals surface area contributed by atoms with Gasteiger partial charge in [-0.25, -0.2) is 0 Å². The van der Waals surface area contributed by atoms with Crippen LogP contribution in [0.4, 0.5) is 0 Å². The number of hydrogen-bond acceptors (Lipinski definition) is 6. The predicted molar refractivity (Wildman–Crippen MR) is 87.7 cm³/mol. The van der Waals surface area contributed by atoms with Gasteiger partial charge in [-0.1, -0.05) is 19.0 Å². The van der Waals surface area contributed by atoms with Crippen LogP contribution in [-0.4, -0.2) is 65.6 Å². The second-order valence-electron chi connectivity index (χ2n) is 7.26. The van der Waals surface area contributed by atoms with E-state index in [1.807, 2.05) is 0 Å². The van der Waals surface area contributed by atoms with Gasteiger partial charge in [-0.3, -0.25) is 9.69 Å². The molecule has 0 spiro atoms. The Morgan fingerprint density at radius 1 is 1.50 bits per heavy atom. The van der Waals surface area contributed by atoms with Gasteiger partial charge in [0.1, 0.15) is 5.76 Å². The van der Waals surface area contributed by atoms with Crippen molar-refractivity contribution < 1.29 is 19.2 Å². The molecule has 24 heavy (non-hydrogen) atoms. The smallest absolute Gasteiger partial charge is 0.273 e. The van der Waals surface area contributed by atoms with E-state index in [1.165, 1.54) is 0 Å². The monoisotopic (exact) mass is 337 g/mol. The molecule has 7 nitrogen and oxygen atoms in total. The quantitative estimate of drug-likeness (QED) is 0.799. The fourth-order valence-electron chi connectivity index (χ4n) is 3.54. The Labute approximate surface area is 142 Å². The first-order valence-electron chi connectivity index (χ1n) is 8.78. The molecule has 1 aromatic rings. The van der Waals surface area contributed by atoms with E-state index in [0.717, 1.165) is 31.7 Å². The van der Waals surface area contributed by atoms with Crippen LogP contribution >= 0.6 is 0 Å². The molecule has 0 aliphatic carbocycles. The van der Waals surface area contributed by atoms with Crippen molar-refractivity contribution in [2.45, 2.75) is 51.3 Å². The number of rotatable bonds is 6. The van der Waals surface area contributed by atoms with E-state index in [0.29, 0.717) is 30.7 Å². The lowest BCUT2D eigenvalue weighted by Crippen LogP contribution is -2.46. The van der Waals surface area contributed by atoms with Crippen molar-refractivity contribution in [2.24, 2.45) is 5.92 Å². The number of carbonyl (C=O) groups is 1. The Morgan fingerprint density at radius 2 is 2.33 bits per heavy atom. The van der Waals surface area contributed by atoms with E-state index < -0.39 is 0 Å². The van der Waals surface area contributed by atoms with Crippen molar-refractivity contribution in [1.29, 1.82) is 0 Å². The van der Waals surface area contributed by atoms with Gasteiger partial charge in [0.2, 0.25) is 0 Å². The summed E-state index contributed by atoms with van der Waals surface area (Å²) in [5.74, 6) is 1.04. The zero-order valence-electron chi connectivity index (χ0n) is 14.4. The van der Waals surface area contributed by atoms with Crippen LogP contribution in [0.25, 0.3) is 0 Å². The van der Waals surface area contributed by atoms with Crippen LogP contribution in [-0.2, 0) is 11.2 Å². The van der Waals surface area contributed by atoms with E-state index >= 15 is 0 Å². The fourth-order valence-corrected chi connectivity index (χ4v) is 3.54. The average Bonchev–Trinajstić information content (AvgIpc) is 3.12. The second-order valence-corrected chi connectivity index (χ2v) is 7.26. The number of morpholine rings is 1. The maximum absolute atomic E-state index is 12.4. The van der Waals surface area contributed by atoms with Crippen LogP contribution in [0.5, 0.6) is 0 Å². The number of nitrogens with one attached hydrogen (secondary N) is 1. The Bertz CT molecular complexity index is 560. The lowest BCUT2D eigenvalue weighted by Gasteiger charge is -2.34. The van der Waals surface area contributed by atoms with E-state index in [9.17, 15) is 4.79 Å². The van der Waals surface area contributed by atoms with Crippen LogP contribution in [0.1, 0.15) is 42.9 Å². The minimum Gasteiger partial charge on any atom is -0.396 e. The van der Waals surface area contributed by atoms with Gasteiger partial charge in [0, 0.05) is 44.3 Å². The van der Waals surface area contributed by atoms with Crippen LogP contribution in [0.15, 0.2) is 10.6 Å². The topological polar surface area (TPSA) is 87.8 Å². The Kier molecular flexibility index (Phi) is 5.53. The van der Waals surface area contributed by atoms with Gasteiger partial charge in [-0.05, 0) is 18.8 Å². The summed E-state index contributed by atoms with van der Waals surface area (Å²) < 4.78 is 11.0. The van der Waals surface area contributed by atoms with E-state index in [1.54, 1.807) is 6.07 Å². The highest BCUT2D eigenvalue weighted by molar-refractivity contribution is 5.92. The number of amides is 1. The molecule has 7 heteroatoms. The molecule has 0 bridgehead atoms. The third-order valence-corrected chi connectivity index (χ3v) is 4.68. The molecule has 2 N–H and O–H groups in total. The molecule has 2 aliphatic heterocycles. The van der Waals surface area contributed by atoms with Crippen molar-refractivity contribution in [1.82, 2.24) is 15.4 Å². The number of hydrogen-bond donors (Lipinski definition) is 2. The SMILES string of the molecule is CC(C)Cc1cc(C(=O)N[C@H]2C[C@H]3CO[C@@H](CCO)CN3C2)no1. The normalized spacial score (nSPS) is 27.4. The molecule has 2 aliphatic rings. The maximum atomic E-state index is 12.4. The highest BCUT2D eigenvalue weighted by atomic mass is 16.5. The number of aliphatic hydroxyl groups is 1. The second kappa shape index (κ2) is 7.63. The van der Waals surface area contributed by atoms with Gasteiger partial charge in [-0.2, -0.15) is 0 Å². The van der Waals surface area contributed by atoms with Crippen molar-refractivity contribution in [2.75, 3.05) is 26.3 Å². The summed E-state index contributed by atoms with van der Waals surface area (Å²) in [6.45, 7) is 6.65. The number of aromatic nitrogens is 1. The summed E-state index contributed by atoms with van der Waals surface area (Å²) in [6.07, 6.45) is 2.42. The molecule has 3 atom stereocenters. The van der Waals surface area contributed by atoms with Crippen LogP contribution < -0.4 is 5.32 Å². The molecule has 1 amide bonds. The molecule has 2 fully saturated rings. The molecule has 0 unspecified atom stereocenters. The van der Waals surface area contributed by atoms with E-state index in [-0.39, 0.29) is 24.7 Å². The molecule has 134 valence electrons. The first-order valence-corrected chi connectivity index (χ1v) is 8.78. The molecule has 0 radical (unpaired) electrons. The van der Waals surface area contributed by atoms with Crippen molar-refractivity contribution >= 4 is 5.91 Å². The maximum Gasteiger partial charge on any atom is 0.273 e. The standard InChI is InChI=1S/C17H27N3O4/c1-11(2)5-15-7-16(19-24-15)17(22)18-12-6-13-10-23-14(3-4-21)9-20(13)8-12/h7,11-14,21H,3-6,8-10H2,1-2H3,(H,18,22)/t12-,13-,14-/m0/s1. The largest absolute Gasteiger partial charge is 0.396 e. The number of fused-ring (bicyclic) bond motifs is 1. The molecule has 2 saturated heterocycles. The zero-order valence-corrected chi connectivity index (χ0v) is 14.4. The predicted octanol–water partition coefficient (Wildman–Crippen LogP) is 0.827. The third kappa shape index (κ3) is 4.15. The highest BCUT2D eigenvalue weighted by Gasteiger charge is 2.37. The number of nitrogens with zero attached hydrogens (tertiary/aromatic N) is 2. The van der Waals surface area contributed by atoms with Crippen LogP contribution in [0.2, 0.25) is 0 Å². The summed E-state index contributed by atoms with van der Waals surface area (Å²) in [5, 5.41) is 16.0. The minimum absolute atomic E-state index is 0.0924. The average molecular weight is 337 g/mol. The lowest BCUT2D eigenvalue weighted by atomic mass is 10.1. The molecular formula is C17H27N3O4. The van der Waals surface area contributed by atoms with Gasteiger partial charge in [0.25, 0.3) is 5.91 Å². The number of ether oxygens (including phenoxy) is 1. The van der Waals surface area contributed by atoms with Crippen molar-refractivity contribution in [3.63, 3.8) is 0 Å². The van der Waals surface area contributed by atoms with Crippen LogP contribution in [0.3, 0.4) is 0 Å². The van der Waals surface area contributed by atoms with E-state index in [2.05, 4.69) is 29.2 Å². The molecule has 1 aromatic heterocycles. The highest BCUT2D eigenvalue weighted by Crippen LogP contribution is 2.24. The minimum atomic E-state index is -0.175. The zero-order chi connectivity index (χ0) is 17.1. The first-order chi connectivity index (χ1) is 11.5. The van der Waals surface area contributed by atoms with Gasteiger partial charge < -0.3 is 19.7 Å². The lowest BCUT2D eigenvalue weighted by molar-refractivity contribution is -0.0566. The van der Waals surface area contributed by atoms with Gasteiger partial charge in [-0.15, -0.1) is 0 Å². The molecule has 3 heterocycles.